The summed E-state index contributed by atoms with van der Waals surface area (Å²) in [5.74, 6) is 1.44. The number of nitrogens with one attached hydrogen (secondary N) is 1. The average Bonchev–Trinajstić information content (AvgIpc) is 2.91. The highest BCUT2D eigenvalue weighted by Gasteiger charge is 2.32. The number of fused-ring (bicyclic) bond motifs is 1. The lowest BCUT2D eigenvalue weighted by atomic mass is 9.87. The Hall–Kier alpha value is -2.74. The predicted octanol–water partition coefficient (Wildman–Crippen LogP) is 3.07. The van der Waals surface area contributed by atoms with E-state index in [0.717, 1.165) is 24.1 Å². The zero-order chi connectivity index (χ0) is 15.5. The number of hydrogen-bond donors (Lipinski definition) is 2. The molecule has 0 saturated carbocycles. The van der Waals surface area contributed by atoms with Gasteiger partial charge in [-0.3, -0.25) is 0 Å². The molecule has 1 aromatic carbocycles. The first-order valence-corrected chi connectivity index (χ1v) is 7.43. The van der Waals surface area contributed by atoms with Crippen molar-refractivity contribution in [2.24, 2.45) is 5.73 Å². The standard InChI is InChI=1S/C17H18N4O/c1-2-6-14-20-15-12(9-11-7-4-3-5-8-11)13(10-18)16(19)21-17(15)22-14/h3-5,7-8,12,21H,2,6,9,19H2,1H3/t12-/m1/s1. The van der Waals surface area contributed by atoms with Crippen LogP contribution in [-0.4, -0.2) is 4.98 Å². The van der Waals surface area contributed by atoms with Gasteiger partial charge in [0.05, 0.1) is 11.6 Å². The molecule has 0 saturated heterocycles. The van der Waals surface area contributed by atoms with Crippen molar-refractivity contribution < 1.29 is 4.42 Å². The SMILES string of the molecule is CCCc1nc2c(o1)NC(N)=C(C#N)[C@H]2Cc1ccccc1. The molecule has 1 aliphatic heterocycles. The topological polar surface area (TPSA) is 87.9 Å². The third-order valence-electron chi connectivity index (χ3n) is 3.78. The number of benzene rings is 1. The molecule has 0 radical (unpaired) electrons. The number of nitrogens with zero attached hydrogens (tertiary/aromatic N) is 2. The lowest BCUT2D eigenvalue weighted by molar-refractivity contribution is 0.503. The third-order valence-corrected chi connectivity index (χ3v) is 3.78. The van der Waals surface area contributed by atoms with Crippen LogP contribution in [-0.2, 0) is 12.8 Å². The first kappa shape index (κ1) is 14.2. The first-order valence-electron chi connectivity index (χ1n) is 7.43. The van der Waals surface area contributed by atoms with Crippen LogP contribution >= 0.6 is 0 Å². The Bertz CT molecular complexity index is 740. The molecule has 1 aromatic heterocycles. The number of aromatic nitrogens is 1. The first-order chi connectivity index (χ1) is 10.7. The number of rotatable bonds is 4. The monoisotopic (exact) mass is 294 g/mol. The van der Waals surface area contributed by atoms with Gasteiger partial charge in [-0.05, 0) is 18.4 Å². The van der Waals surface area contributed by atoms with Gasteiger partial charge in [-0.2, -0.15) is 5.26 Å². The summed E-state index contributed by atoms with van der Waals surface area (Å²) in [4.78, 5) is 4.58. The molecule has 1 aliphatic rings. The fraction of sp³-hybridized carbons (Fsp3) is 0.294. The van der Waals surface area contributed by atoms with Gasteiger partial charge in [0.15, 0.2) is 5.89 Å². The Balaban J connectivity index is 2.00. The summed E-state index contributed by atoms with van der Waals surface area (Å²) < 4.78 is 5.73. The Morgan fingerprint density at radius 3 is 2.82 bits per heavy atom. The molecule has 5 heteroatoms. The summed E-state index contributed by atoms with van der Waals surface area (Å²) in [7, 11) is 0. The van der Waals surface area contributed by atoms with Crippen molar-refractivity contribution in [2.75, 3.05) is 5.32 Å². The number of anilines is 1. The van der Waals surface area contributed by atoms with E-state index >= 15 is 0 Å². The normalized spacial score (nSPS) is 16.8. The van der Waals surface area contributed by atoms with Crippen molar-refractivity contribution in [3.05, 3.63) is 58.9 Å². The van der Waals surface area contributed by atoms with Crippen molar-refractivity contribution in [1.82, 2.24) is 4.98 Å². The van der Waals surface area contributed by atoms with E-state index in [1.807, 2.05) is 30.3 Å². The van der Waals surface area contributed by atoms with Crippen LogP contribution in [0, 0.1) is 11.3 Å². The molecule has 112 valence electrons. The summed E-state index contributed by atoms with van der Waals surface area (Å²) >= 11 is 0. The molecule has 1 atom stereocenters. The van der Waals surface area contributed by atoms with E-state index in [1.54, 1.807) is 0 Å². The fourth-order valence-corrected chi connectivity index (χ4v) is 2.73. The highest BCUT2D eigenvalue weighted by atomic mass is 16.4. The molecule has 0 unspecified atom stereocenters. The molecular weight excluding hydrogens is 276 g/mol. The van der Waals surface area contributed by atoms with E-state index in [2.05, 4.69) is 23.3 Å². The van der Waals surface area contributed by atoms with Gasteiger partial charge in [0, 0.05) is 12.3 Å². The summed E-state index contributed by atoms with van der Waals surface area (Å²) in [6, 6.07) is 12.2. The summed E-state index contributed by atoms with van der Waals surface area (Å²) in [5.41, 5.74) is 8.43. The second-order valence-electron chi connectivity index (χ2n) is 5.38. The van der Waals surface area contributed by atoms with Crippen LogP contribution < -0.4 is 11.1 Å². The zero-order valence-electron chi connectivity index (χ0n) is 12.5. The lowest BCUT2D eigenvalue weighted by Crippen LogP contribution is -2.23. The molecule has 0 amide bonds. The van der Waals surface area contributed by atoms with Crippen LogP contribution in [0.5, 0.6) is 0 Å². The van der Waals surface area contributed by atoms with Crippen LogP contribution in [0.15, 0.2) is 46.1 Å². The van der Waals surface area contributed by atoms with Gasteiger partial charge in [0.25, 0.3) is 0 Å². The van der Waals surface area contributed by atoms with Gasteiger partial charge in [-0.15, -0.1) is 0 Å². The maximum Gasteiger partial charge on any atom is 0.223 e. The van der Waals surface area contributed by atoms with E-state index in [1.165, 1.54) is 0 Å². The van der Waals surface area contributed by atoms with Gasteiger partial charge >= 0.3 is 0 Å². The van der Waals surface area contributed by atoms with E-state index < -0.39 is 0 Å². The molecule has 3 rings (SSSR count). The van der Waals surface area contributed by atoms with Crippen molar-refractivity contribution >= 4 is 5.88 Å². The quantitative estimate of drug-likeness (QED) is 0.904. The Kier molecular flexibility index (Phi) is 3.84. The molecule has 0 bridgehead atoms. The van der Waals surface area contributed by atoms with Crippen molar-refractivity contribution in [2.45, 2.75) is 32.1 Å². The highest BCUT2D eigenvalue weighted by molar-refractivity contribution is 5.57. The molecule has 3 N–H and O–H groups in total. The number of aryl methyl sites for hydroxylation is 1. The minimum atomic E-state index is -0.169. The smallest absolute Gasteiger partial charge is 0.223 e. The van der Waals surface area contributed by atoms with Crippen LogP contribution in [0.25, 0.3) is 0 Å². The van der Waals surface area contributed by atoms with Crippen molar-refractivity contribution in [3.63, 3.8) is 0 Å². The average molecular weight is 294 g/mol. The lowest BCUT2D eigenvalue weighted by Gasteiger charge is -2.22. The zero-order valence-corrected chi connectivity index (χ0v) is 12.5. The van der Waals surface area contributed by atoms with E-state index in [4.69, 9.17) is 10.2 Å². The van der Waals surface area contributed by atoms with E-state index in [0.29, 0.717) is 29.6 Å². The minimum absolute atomic E-state index is 0.169. The minimum Gasteiger partial charge on any atom is -0.425 e. The molecule has 2 heterocycles. The fourth-order valence-electron chi connectivity index (χ4n) is 2.73. The van der Waals surface area contributed by atoms with Gasteiger partial charge in [-0.1, -0.05) is 37.3 Å². The van der Waals surface area contributed by atoms with Gasteiger partial charge in [0.1, 0.15) is 11.5 Å². The number of nitrogens with two attached hydrogens (primary N) is 1. The molecular formula is C17H18N4O. The molecule has 2 aromatic rings. The van der Waals surface area contributed by atoms with E-state index in [-0.39, 0.29) is 5.92 Å². The summed E-state index contributed by atoms with van der Waals surface area (Å²) in [6.45, 7) is 2.07. The van der Waals surface area contributed by atoms with Gasteiger partial charge in [0.2, 0.25) is 5.88 Å². The highest BCUT2D eigenvalue weighted by Crippen LogP contribution is 2.38. The Morgan fingerprint density at radius 1 is 1.36 bits per heavy atom. The second kappa shape index (κ2) is 5.94. The molecule has 0 fully saturated rings. The second-order valence-corrected chi connectivity index (χ2v) is 5.38. The van der Waals surface area contributed by atoms with Crippen LogP contribution in [0.2, 0.25) is 0 Å². The predicted molar refractivity (Wildman–Crippen MR) is 83.8 cm³/mol. The Labute approximate surface area is 129 Å². The summed E-state index contributed by atoms with van der Waals surface area (Å²) in [5, 5.41) is 12.4. The largest absolute Gasteiger partial charge is 0.425 e. The Morgan fingerprint density at radius 2 is 2.14 bits per heavy atom. The number of allylic oxidation sites excluding steroid dienone is 1. The van der Waals surface area contributed by atoms with Crippen molar-refractivity contribution in [1.29, 1.82) is 5.26 Å². The van der Waals surface area contributed by atoms with Gasteiger partial charge < -0.3 is 15.5 Å². The number of hydrogen-bond acceptors (Lipinski definition) is 5. The van der Waals surface area contributed by atoms with Crippen LogP contribution in [0.3, 0.4) is 0 Å². The maximum absolute atomic E-state index is 9.46. The molecule has 0 aliphatic carbocycles. The van der Waals surface area contributed by atoms with Gasteiger partial charge in [-0.25, -0.2) is 4.98 Å². The van der Waals surface area contributed by atoms with Crippen LogP contribution in [0.4, 0.5) is 5.88 Å². The third kappa shape index (κ3) is 2.56. The summed E-state index contributed by atoms with van der Waals surface area (Å²) in [6.07, 6.45) is 2.41. The van der Waals surface area contributed by atoms with Crippen molar-refractivity contribution in [3.8, 4) is 6.07 Å². The van der Waals surface area contributed by atoms with E-state index in [9.17, 15) is 5.26 Å². The maximum atomic E-state index is 9.46. The number of oxazole rings is 1. The molecule has 0 spiro atoms. The number of nitriles is 1. The molecule has 22 heavy (non-hydrogen) atoms. The molecule has 5 nitrogen and oxygen atoms in total. The van der Waals surface area contributed by atoms with Crippen LogP contribution in [0.1, 0.15) is 36.4 Å².